The van der Waals surface area contributed by atoms with Crippen molar-refractivity contribution in [3.63, 3.8) is 0 Å². The molecule has 1 aliphatic rings. The average Bonchev–Trinajstić information content (AvgIpc) is 3.62. The molecule has 11 heteroatoms. The van der Waals surface area contributed by atoms with Crippen LogP contribution in [0.15, 0.2) is 83.3 Å². The second-order valence-corrected chi connectivity index (χ2v) is 15.1. The number of hydrogen-bond donors (Lipinski definition) is 3. The summed E-state index contributed by atoms with van der Waals surface area (Å²) in [5, 5.41) is 19.1. The fourth-order valence-corrected chi connectivity index (χ4v) is 6.37. The van der Waals surface area contributed by atoms with Crippen molar-refractivity contribution in [3.8, 4) is 17.4 Å². The van der Waals surface area contributed by atoms with Crippen LogP contribution in [0.2, 0.25) is 5.02 Å². The Bertz CT molecular complexity index is 1920. The zero-order valence-corrected chi connectivity index (χ0v) is 31.8. The minimum Gasteiger partial charge on any atom is -0.460 e. The van der Waals surface area contributed by atoms with Crippen molar-refractivity contribution in [1.29, 1.82) is 5.26 Å². The van der Waals surface area contributed by atoms with E-state index in [9.17, 15) is 19.6 Å². The van der Waals surface area contributed by atoms with Crippen LogP contribution < -0.4 is 16.0 Å². The van der Waals surface area contributed by atoms with Crippen LogP contribution in [-0.2, 0) is 22.5 Å². The van der Waals surface area contributed by atoms with E-state index in [0.717, 1.165) is 11.3 Å². The standard InChI is InChI=1S/C42H48ClN5O5/c1-27-6-12-31(13-7-27)28(2)45-26-35-15-17-38(52-35)33-14-16-37(43)36(23-33)40(50)47-34(22-29-8-10-30(24-44)11-9-29)25-46-39(49)32-18-20-48(21-19-32)41(51)53-42(3,4)5/h6-17,23,28,32,34,45H,18-22,25-26H2,1-5H3,(H,46,49)(H,47,50)/t28-,34-/m1/s1. The van der Waals surface area contributed by atoms with Crippen molar-refractivity contribution >= 4 is 29.5 Å². The molecule has 0 radical (unpaired) electrons. The molecular formula is C42H48ClN5O5. The van der Waals surface area contributed by atoms with Gasteiger partial charge in [0.25, 0.3) is 5.91 Å². The van der Waals surface area contributed by atoms with E-state index in [0.29, 0.717) is 55.8 Å². The molecule has 5 rings (SSSR count). The van der Waals surface area contributed by atoms with E-state index in [-0.39, 0.29) is 41.1 Å². The number of halogens is 1. The van der Waals surface area contributed by atoms with Crippen LogP contribution >= 0.6 is 11.6 Å². The molecular weight excluding hydrogens is 690 g/mol. The molecule has 0 saturated carbocycles. The van der Waals surface area contributed by atoms with Gasteiger partial charge in [-0.3, -0.25) is 9.59 Å². The van der Waals surface area contributed by atoms with Crippen molar-refractivity contribution in [2.24, 2.45) is 5.92 Å². The topological polar surface area (TPSA) is 137 Å². The third-order valence-corrected chi connectivity index (χ3v) is 9.59. The van der Waals surface area contributed by atoms with Crippen LogP contribution in [0, 0.1) is 24.2 Å². The number of nitriles is 1. The van der Waals surface area contributed by atoms with Crippen molar-refractivity contribution in [3.05, 3.63) is 117 Å². The molecule has 3 aromatic carbocycles. The maximum atomic E-state index is 13.8. The first-order valence-corrected chi connectivity index (χ1v) is 18.4. The molecule has 1 aromatic heterocycles. The SMILES string of the molecule is Cc1ccc([C@@H](C)NCc2ccc(-c3ccc(Cl)c(C(=O)N[C@@H](CNC(=O)C4CCN(C(=O)OC(C)(C)C)CC4)Cc4ccc(C#N)cc4)c3)o2)cc1. The van der Waals surface area contributed by atoms with E-state index < -0.39 is 17.6 Å². The number of piperidine rings is 1. The Labute approximate surface area is 316 Å². The van der Waals surface area contributed by atoms with Gasteiger partial charge in [0.1, 0.15) is 17.1 Å². The molecule has 0 bridgehead atoms. The number of furan rings is 1. The van der Waals surface area contributed by atoms with Gasteiger partial charge in [0.15, 0.2) is 0 Å². The largest absolute Gasteiger partial charge is 0.460 e. The molecule has 10 nitrogen and oxygen atoms in total. The molecule has 4 aromatic rings. The number of hydrogen-bond acceptors (Lipinski definition) is 7. The number of aryl methyl sites for hydroxylation is 1. The van der Waals surface area contributed by atoms with Gasteiger partial charge in [0.05, 0.1) is 34.8 Å². The highest BCUT2D eigenvalue weighted by Crippen LogP contribution is 2.28. The lowest BCUT2D eigenvalue weighted by molar-refractivity contribution is -0.126. The first-order chi connectivity index (χ1) is 25.3. The van der Waals surface area contributed by atoms with Gasteiger partial charge in [0, 0.05) is 37.2 Å². The highest BCUT2D eigenvalue weighted by molar-refractivity contribution is 6.34. The predicted molar refractivity (Wildman–Crippen MR) is 205 cm³/mol. The minimum absolute atomic E-state index is 0.133. The zero-order chi connectivity index (χ0) is 38.1. The number of ether oxygens (including phenoxy) is 1. The van der Waals surface area contributed by atoms with Crippen LogP contribution in [0.5, 0.6) is 0 Å². The Morgan fingerprint density at radius 1 is 1.00 bits per heavy atom. The van der Waals surface area contributed by atoms with Crippen molar-refractivity contribution in [1.82, 2.24) is 20.9 Å². The maximum Gasteiger partial charge on any atom is 0.410 e. The van der Waals surface area contributed by atoms with E-state index in [1.165, 1.54) is 11.1 Å². The van der Waals surface area contributed by atoms with E-state index >= 15 is 0 Å². The van der Waals surface area contributed by atoms with Crippen molar-refractivity contribution in [2.45, 2.75) is 78.1 Å². The summed E-state index contributed by atoms with van der Waals surface area (Å²) in [6.45, 7) is 11.2. The Morgan fingerprint density at radius 2 is 1.70 bits per heavy atom. The lowest BCUT2D eigenvalue weighted by Crippen LogP contribution is -2.48. The van der Waals surface area contributed by atoms with Crippen LogP contribution in [0.3, 0.4) is 0 Å². The molecule has 0 aliphatic carbocycles. The molecule has 3 N–H and O–H groups in total. The van der Waals surface area contributed by atoms with Gasteiger partial charge in [-0.2, -0.15) is 5.26 Å². The van der Waals surface area contributed by atoms with Crippen molar-refractivity contribution in [2.75, 3.05) is 19.6 Å². The molecule has 0 spiro atoms. The maximum absolute atomic E-state index is 13.8. The first kappa shape index (κ1) is 39.1. The predicted octanol–water partition coefficient (Wildman–Crippen LogP) is 7.74. The van der Waals surface area contributed by atoms with Crippen LogP contribution in [-0.4, -0.2) is 54.1 Å². The number of likely N-dealkylation sites (tertiary alicyclic amines) is 1. The van der Waals surface area contributed by atoms with E-state index in [1.807, 2.05) is 51.1 Å². The Balaban J connectivity index is 1.23. The van der Waals surface area contributed by atoms with Crippen LogP contribution in [0.1, 0.15) is 85.0 Å². The summed E-state index contributed by atoms with van der Waals surface area (Å²) in [5.74, 6) is 0.564. The summed E-state index contributed by atoms with van der Waals surface area (Å²) in [6.07, 6.45) is 1.05. The van der Waals surface area contributed by atoms with Crippen LogP contribution in [0.4, 0.5) is 4.79 Å². The fourth-order valence-electron chi connectivity index (χ4n) is 6.16. The summed E-state index contributed by atoms with van der Waals surface area (Å²) in [4.78, 5) is 41.2. The number of carbonyl (C=O) groups excluding carboxylic acids is 3. The molecule has 2 atom stereocenters. The van der Waals surface area contributed by atoms with Gasteiger partial charge in [-0.15, -0.1) is 0 Å². The summed E-state index contributed by atoms with van der Waals surface area (Å²) >= 11 is 6.57. The smallest absolute Gasteiger partial charge is 0.410 e. The molecule has 1 aliphatic heterocycles. The number of nitrogens with zero attached hydrogens (tertiary/aromatic N) is 2. The number of carbonyl (C=O) groups is 3. The van der Waals surface area contributed by atoms with Crippen molar-refractivity contribution < 1.29 is 23.5 Å². The third-order valence-electron chi connectivity index (χ3n) is 9.26. The third kappa shape index (κ3) is 11.2. The molecule has 2 heterocycles. The average molecular weight is 738 g/mol. The monoisotopic (exact) mass is 737 g/mol. The van der Waals surface area contributed by atoms with Gasteiger partial charge >= 0.3 is 6.09 Å². The lowest BCUT2D eigenvalue weighted by Gasteiger charge is -2.33. The van der Waals surface area contributed by atoms with Gasteiger partial charge in [-0.05, 0) is 107 Å². The molecule has 0 unspecified atom stereocenters. The van der Waals surface area contributed by atoms with Gasteiger partial charge in [-0.1, -0.05) is 53.6 Å². The number of rotatable bonds is 12. The normalized spacial score (nSPS) is 14.5. The highest BCUT2D eigenvalue weighted by atomic mass is 35.5. The fraction of sp³-hybridized carbons (Fsp3) is 0.381. The molecule has 1 saturated heterocycles. The quantitative estimate of drug-likeness (QED) is 0.135. The van der Waals surface area contributed by atoms with Gasteiger partial charge in [-0.25, -0.2) is 4.79 Å². The Hall–Kier alpha value is -5.11. The van der Waals surface area contributed by atoms with Gasteiger partial charge < -0.3 is 30.0 Å². The summed E-state index contributed by atoms with van der Waals surface area (Å²) in [7, 11) is 0. The Morgan fingerprint density at radius 3 is 2.36 bits per heavy atom. The number of nitrogens with one attached hydrogen (secondary N) is 3. The van der Waals surface area contributed by atoms with E-state index in [2.05, 4.69) is 60.1 Å². The minimum atomic E-state index is -0.591. The highest BCUT2D eigenvalue weighted by Gasteiger charge is 2.30. The zero-order valence-electron chi connectivity index (χ0n) is 31.0. The molecule has 278 valence electrons. The Kier molecular flexibility index (Phi) is 13.0. The summed E-state index contributed by atoms with van der Waals surface area (Å²) in [6, 6.07) is 26.3. The van der Waals surface area contributed by atoms with E-state index in [4.69, 9.17) is 20.8 Å². The molecule has 53 heavy (non-hydrogen) atoms. The lowest BCUT2D eigenvalue weighted by atomic mass is 9.96. The van der Waals surface area contributed by atoms with E-state index in [1.54, 1.807) is 29.2 Å². The molecule has 3 amide bonds. The van der Waals surface area contributed by atoms with Crippen LogP contribution in [0.25, 0.3) is 11.3 Å². The first-order valence-electron chi connectivity index (χ1n) is 18.0. The second-order valence-electron chi connectivity index (χ2n) is 14.6. The summed E-state index contributed by atoms with van der Waals surface area (Å²) in [5.41, 5.74) is 4.21. The number of benzene rings is 3. The number of amides is 3. The van der Waals surface area contributed by atoms with Gasteiger partial charge in [0.2, 0.25) is 5.91 Å². The molecule has 1 fully saturated rings. The summed E-state index contributed by atoms with van der Waals surface area (Å²) < 4.78 is 11.6. The second kappa shape index (κ2) is 17.6.